The number of hydrogen-bond acceptors (Lipinski definition) is 2. The monoisotopic (exact) mass is 358 g/mol. The molecule has 2 aromatic rings. The van der Waals surface area contributed by atoms with Gasteiger partial charge in [-0.05, 0) is 36.6 Å². The molecule has 0 radical (unpaired) electrons. The summed E-state index contributed by atoms with van der Waals surface area (Å²) in [6.45, 7) is 3.74. The first-order valence-corrected chi connectivity index (χ1v) is 8.95. The highest BCUT2D eigenvalue weighted by Crippen LogP contribution is 2.39. The van der Waals surface area contributed by atoms with Gasteiger partial charge in [0.1, 0.15) is 0 Å². The Labute approximate surface area is 153 Å². The van der Waals surface area contributed by atoms with Crippen molar-refractivity contribution in [2.75, 3.05) is 19.6 Å². The summed E-state index contributed by atoms with van der Waals surface area (Å²) in [5.74, 6) is 0.0704. The van der Waals surface area contributed by atoms with E-state index in [-0.39, 0.29) is 5.92 Å². The van der Waals surface area contributed by atoms with Crippen molar-refractivity contribution in [3.05, 3.63) is 70.7 Å². The van der Waals surface area contributed by atoms with Crippen molar-refractivity contribution in [3.63, 3.8) is 0 Å². The molecule has 1 amide bonds. The van der Waals surface area contributed by atoms with Crippen molar-refractivity contribution in [1.82, 2.24) is 10.2 Å². The van der Waals surface area contributed by atoms with Crippen molar-refractivity contribution in [3.8, 4) is 0 Å². The van der Waals surface area contributed by atoms with Gasteiger partial charge in [-0.25, -0.2) is 4.79 Å². The van der Waals surface area contributed by atoms with Gasteiger partial charge in [-0.3, -0.25) is 0 Å². The first-order chi connectivity index (χ1) is 12.1. The molecule has 0 unspecified atom stereocenters. The van der Waals surface area contributed by atoms with E-state index in [2.05, 4.69) is 17.4 Å². The van der Waals surface area contributed by atoms with Crippen molar-refractivity contribution in [1.29, 1.82) is 0 Å². The lowest BCUT2D eigenvalue weighted by atomic mass is 9.76. The Morgan fingerprint density at radius 2 is 1.92 bits per heavy atom. The van der Waals surface area contributed by atoms with Gasteiger partial charge in [0, 0.05) is 30.6 Å². The molecule has 2 atom stereocenters. The maximum Gasteiger partial charge on any atom is 0.407 e. The lowest BCUT2D eigenvalue weighted by Gasteiger charge is -2.43. The Balaban J connectivity index is 2.05. The zero-order chi connectivity index (χ0) is 17.9. The third-order valence-corrected chi connectivity index (χ3v) is 5.39. The Hall–Kier alpha value is -2.04. The Kier molecular flexibility index (Phi) is 5.30. The third-order valence-electron chi connectivity index (χ3n) is 5.14. The lowest BCUT2D eigenvalue weighted by Crippen LogP contribution is -2.57. The summed E-state index contributed by atoms with van der Waals surface area (Å²) >= 11 is 6.04. The summed E-state index contributed by atoms with van der Waals surface area (Å²) in [5, 5.41) is 14.0. The normalized spacial score (nSPS) is 22.7. The number of benzene rings is 2. The Morgan fingerprint density at radius 3 is 2.52 bits per heavy atom. The van der Waals surface area contributed by atoms with Gasteiger partial charge in [0.15, 0.2) is 0 Å². The zero-order valence-electron chi connectivity index (χ0n) is 14.3. The summed E-state index contributed by atoms with van der Waals surface area (Å²) in [6.07, 6.45) is -0.199. The van der Waals surface area contributed by atoms with E-state index in [9.17, 15) is 9.90 Å². The van der Waals surface area contributed by atoms with Gasteiger partial charge in [-0.2, -0.15) is 0 Å². The van der Waals surface area contributed by atoms with E-state index in [1.807, 2.05) is 49.4 Å². The quantitative estimate of drug-likeness (QED) is 0.849. The fourth-order valence-corrected chi connectivity index (χ4v) is 4.15. The number of hydrogen-bond donors (Lipinski definition) is 2. The first-order valence-electron chi connectivity index (χ1n) is 8.57. The van der Waals surface area contributed by atoms with Gasteiger partial charge in [0.25, 0.3) is 0 Å². The van der Waals surface area contributed by atoms with E-state index in [0.29, 0.717) is 24.5 Å². The average Bonchev–Trinajstić information content (AvgIpc) is 3.01. The number of carbonyl (C=O) groups is 1. The van der Waals surface area contributed by atoms with Crippen LogP contribution >= 0.6 is 11.6 Å². The Morgan fingerprint density at radius 1 is 1.24 bits per heavy atom. The fourth-order valence-electron chi connectivity index (χ4n) is 4.02. The van der Waals surface area contributed by atoms with Gasteiger partial charge in [0.05, 0.1) is 5.54 Å². The molecule has 1 aliphatic rings. The molecule has 25 heavy (non-hydrogen) atoms. The SMILES string of the molecule is CCN(C(=O)O)[C@]1(Cc2ccccc2)CNC[C@H]1c1ccc(Cl)cc1. The molecular weight excluding hydrogens is 336 g/mol. The van der Waals surface area contributed by atoms with E-state index in [0.717, 1.165) is 17.7 Å². The number of nitrogens with one attached hydrogen (secondary N) is 1. The topological polar surface area (TPSA) is 52.6 Å². The summed E-state index contributed by atoms with van der Waals surface area (Å²) in [4.78, 5) is 13.6. The molecule has 1 heterocycles. The molecule has 3 rings (SSSR count). The van der Waals surface area contributed by atoms with Crippen LogP contribution in [0.2, 0.25) is 5.02 Å². The molecule has 1 saturated heterocycles. The molecule has 0 aliphatic carbocycles. The minimum Gasteiger partial charge on any atom is -0.465 e. The molecule has 1 aliphatic heterocycles. The second kappa shape index (κ2) is 7.46. The van der Waals surface area contributed by atoms with Crippen LogP contribution in [0.25, 0.3) is 0 Å². The highest BCUT2D eigenvalue weighted by Gasteiger charge is 2.49. The lowest BCUT2D eigenvalue weighted by molar-refractivity contribution is 0.0783. The minimum absolute atomic E-state index is 0.0704. The fraction of sp³-hybridized carbons (Fsp3) is 0.350. The average molecular weight is 359 g/mol. The van der Waals surface area contributed by atoms with E-state index in [4.69, 9.17) is 11.6 Å². The molecule has 2 aromatic carbocycles. The molecule has 0 aromatic heterocycles. The van der Waals surface area contributed by atoms with E-state index in [1.54, 1.807) is 4.90 Å². The van der Waals surface area contributed by atoms with Crippen LogP contribution in [0.1, 0.15) is 24.0 Å². The van der Waals surface area contributed by atoms with Gasteiger partial charge >= 0.3 is 6.09 Å². The largest absolute Gasteiger partial charge is 0.465 e. The van der Waals surface area contributed by atoms with Crippen LogP contribution in [-0.4, -0.2) is 41.3 Å². The molecule has 0 bridgehead atoms. The number of nitrogens with zero attached hydrogens (tertiary/aromatic N) is 1. The predicted octanol–water partition coefficient (Wildman–Crippen LogP) is 4.01. The number of likely N-dealkylation sites (N-methyl/N-ethyl adjacent to an activating group) is 1. The summed E-state index contributed by atoms with van der Waals surface area (Å²) < 4.78 is 0. The molecule has 0 spiro atoms. The second-order valence-corrected chi connectivity index (χ2v) is 6.96. The zero-order valence-corrected chi connectivity index (χ0v) is 15.0. The highest BCUT2D eigenvalue weighted by molar-refractivity contribution is 6.30. The number of halogens is 1. The van der Waals surface area contributed by atoms with E-state index >= 15 is 0 Å². The number of carboxylic acid groups (broad SMARTS) is 1. The summed E-state index contributed by atoms with van der Waals surface area (Å²) in [6, 6.07) is 17.9. The first kappa shape index (κ1) is 17.8. The predicted molar refractivity (Wildman–Crippen MR) is 100 cm³/mol. The standard InChI is InChI=1S/C20H23ClN2O2/c1-2-23(19(24)25)20(12-15-6-4-3-5-7-15)14-22-13-18(20)16-8-10-17(21)11-9-16/h3-11,18,22H,2,12-14H2,1H3,(H,24,25)/t18-,20+/m0/s1. The minimum atomic E-state index is -0.874. The van der Waals surface area contributed by atoms with Crippen LogP contribution in [0, 0.1) is 0 Å². The smallest absolute Gasteiger partial charge is 0.407 e. The van der Waals surface area contributed by atoms with Crippen molar-refractivity contribution < 1.29 is 9.90 Å². The van der Waals surface area contributed by atoms with Gasteiger partial charge in [-0.1, -0.05) is 54.1 Å². The van der Waals surface area contributed by atoms with Crippen molar-refractivity contribution in [2.24, 2.45) is 0 Å². The van der Waals surface area contributed by atoms with Gasteiger partial charge in [-0.15, -0.1) is 0 Å². The molecule has 1 fully saturated rings. The van der Waals surface area contributed by atoms with Crippen LogP contribution < -0.4 is 5.32 Å². The van der Waals surface area contributed by atoms with Crippen LogP contribution in [0.3, 0.4) is 0 Å². The molecule has 5 heteroatoms. The maximum atomic E-state index is 12.0. The van der Waals surface area contributed by atoms with Crippen LogP contribution in [0.15, 0.2) is 54.6 Å². The van der Waals surface area contributed by atoms with Crippen LogP contribution in [0.4, 0.5) is 4.79 Å². The molecule has 4 nitrogen and oxygen atoms in total. The molecule has 2 N–H and O–H groups in total. The van der Waals surface area contributed by atoms with E-state index < -0.39 is 11.6 Å². The van der Waals surface area contributed by atoms with Crippen LogP contribution in [-0.2, 0) is 6.42 Å². The Bertz CT molecular complexity index is 720. The molecule has 132 valence electrons. The van der Waals surface area contributed by atoms with Crippen molar-refractivity contribution in [2.45, 2.75) is 24.8 Å². The second-order valence-electron chi connectivity index (χ2n) is 6.53. The van der Waals surface area contributed by atoms with Gasteiger partial charge < -0.3 is 15.3 Å². The third kappa shape index (κ3) is 3.51. The van der Waals surface area contributed by atoms with Crippen molar-refractivity contribution >= 4 is 17.7 Å². The molecule has 0 saturated carbocycles. The van der Waals surface area contributed by atoms with E-state index in [1.165, 1.54) is 0 Å². The maximum absolute atomic E-state index is 12.0. The summed E-state index contributed by atoms with van der Waals surface area (Å²) in [5.41, 5.74) is 1.74. The summed E-state index contributed by atoms with van der Waals surface area (Å²) in [7, 11) is 0. The highest BCUT2D eigenvalue weighted by atomic mass is 35.5. The molecular formula is C20H23ClN2O2. The van der Waals surface area contributed by atoms with Gasteiger partial charge in [0.2, 0.25) is 0 Å². The number of rotatable bonds is 5. The van der Waals surface area contributed by atoms with Crippen LogP contribution in [0.5, 0.6) is 0 Å². The number of amides is 1.